The van der Waals surface area contributed by atoms with E-state index in [0.29, 0.717) is 32.2 Å². The van der Waals surface area contributed by atoms with Crippen LogP contribution in [0.25, 0.3) is 11.3 Å². The highest BCUT2D eigenvalue weighted by molar-refractivity contribution is 5.78. The van der Waals surface area contributed by atoms with Crippen LogP contribution in [0.15, 0.2) is 48.5 Å². The number of aromatic nitrogens is 1. The summed E-state index contributed by atoms with van der Waals surface area (Å²) in [5.74, 6) is 0.594. The first-order valence-corrected chi connectivity index (χ1v) is 16.4. The highest BCUT2D eigenvalue weighted by atomic mass is 16.5. The second-order valence-electron chi connectivity index (χ2n) is 12.6. The molecule has 0 saturated carbocycles. The number of carbonyl (C=O) groups is 1. The van der Waals surface area contributed by atoms with Crippen LogP contribution in [0.5, 0.6) is 0 Å². The standard InChI is InChI=1S/C37H50N4O2/c1-6-28-13-10-14-29(7-2)37(28)33-22-32(23-38-35(42)25-40-17-19-43-20-18-40)36(27(5)39-33)34(21-26(3)4)41-16-15-30-11-8-9-12-31(30)24-41/h8-14,22,26,34H,6-7,15-21,23-25H2,1-5H3,(H,38,42). The van der Waals surface area contributed by atoms with Crippen molar-refractivity contribution in [2.75, 3.05) is 39.4 Å². The largest absolute Gasteiger partial charge is 0.379 e. The minimum Gasteiger partial charge on any atom is -0.379 e. The number of pyridine rings is 1. The third kappa shape index (κ3) is 7.54. The molecule has 230 valence electrons. The normalized spacial score (nSPS) is 16.7. The third-order valence-corrected chi connectivity index (χ3v) is 9.17. The number of nitrogens with zero attached hydrogens (tertiary/aromatic N) is 3. The van der Waals surface area contributed by atoms with Gasteiger partial charge in [-0.05, 0) is 78.0 Å². The quantitative estimate of drug-likeness (QED) is 0.289. The van der Waals surface area contributed by atoms with E-state index in [1.165, 1.54) is 38.9 Å². The number of carbonyl (C=O) groups excluding carboxylic acids is 1. The van der Waals surface area contributed by atoms with Gasteiger partial charge in [0.1, 0.15) is 0 Å². The Morgan fingerprint density at radius 1 is 0.953 bits per heavy atom. The van der Waals surface area contributed by atoms with E-state index < -0.39 is 0 Å². The molecule has 1 unspecified atom stereocenters. The van der Waals surface area contributed by atoms with Crippen molar-refractivity contribution in [3.8, 4) is 11.3 Å². The summed E-state index contributed by atoms with van der Waals surface area (Å²) < 4.78 is 5.48. The lowest BCUT2D eigenvalue weighted by Crippen LogP contribution is -2.43. The van der Waals surface area contributed by atoms with E-state index in [1.54, 1.807) is 0 Å². The molecule has 6 nitrogen and oxygen atoms in total. The lowest BCUT2D eigenvalue weighted by Gasteiger charge is -2.38. The lowest BCUT2D eigenvalue weighted by atomic mass is 9.87. The Kier molecular flexibility index (Phi) is 10.7. The number of aryl methyl sites for hydroxylation is 3. The molecule has 1 N–H and O–H groups in total. The minimum absolute atomic E-state index is 0.0689. The summed E-state index contributed by atoms with van der Waals surface area (Å²) in [4.78, 5) is 23.4. The number of amides is 1. The molecule has 43 heavy (non-hydrogen) atoms. The zero-order chi connectivity index (χ0) is 30.3. The molecule has 1 atom stereocenters. The van der Waals surface area contributed by atoms with Gasteiger partial charge in [0.15, 0.2) is 0 Å². The summed E-state index contributed by atoms with van der Waals surface area (Å²) in [6, 6.07) is 18.0. The van der Waals surface area contributed by atoms with Crippen molar-refractivity contribution in [3.05, 3.63) is 87.6 Å². The number of ether oxygens (including phenoxy) is 1. The maximum Gasteiger partial charge on any atom is 0.234 e. The van der Waals surface area contributed by atoms with Crippen LogP contribution in [-0.2, 0) is 41.9 Å². The molecule has 2 aromatic carbocycles. The molecule has 2 aliphatic rings. The summed E-state index contributed by atoms with van der Waals surface area (Å²) in [7, 11) is 0. The Balaban J connectivity index is 1.54. The summed E-state index contributed by atoms with van der Waals surface area (Å²) in [6.07, 6.45) is 4.02. The molecule has 3 aromatic rings. The summed E-state index contributed by atoms with van der Waals surface area (Å²) in [6.45, 7) is 17.1. The van der Waals surface area contributed by atoms with Crippen LogP contribution < -0.4 is 5.32 Å². The van der Waals surface area contributed by atoms with Crippen molar-refractivity contribution in [1.29, 1.82) is 0 Å². The van der Waals surface area contributed by atoms with Crippen LogP contribution in [0.1, 0.15) is 79.2 Å². The number of rotatable bonds is 11. The first-order chi connectivity index (χ1) is 20.9. The molecule has 1 saturated heterocycles. The average Bonchev–Trinajstić information content (AvgIpc) is 3.02. The molecular weight excluding hydrogens is 532 g/mol. The van der Waals surface area contributed by atoms with E-state index in [4.69, 9.17) is 9.72 Å². The highest BCUT2D eigenvalue weighted by Gasteiger charge is 2.30. The molecular formula is C37H50N4O2. The van der Waals surface area contributed by atoms with Crippen LogP contribution in [0, 0.1) is 12.8 Å². The summed E-state index contributed by atoms with van der Waals surface area (Å²) in [5, 5.41) is 3.31. The molecule has 1 aromatic heterocycles. The third-order valence-electron chi connectivity index (χ3n) is 9.17. The number of hydrogen-bond donors (Lipinski definition) is 1. The number of fused-ring (bicyclic) bond motifs is 1. The van der Waals surface area contributed by atoms with Crippen LogP contribution in [-0.4, -0.2) is 60.1 Å². The SMILES string of the molecule is CCc1cccc(CC)c1-c1cc(CNC(=O)CN2CCOCC2)c(C(CC(C)C)N2CCc3ccccc3C2)c(C)n1. The van der Waals surface area contributed by atoms with E-state index in [9.17, 15) is 4.79 Å². The Hall–Kier alpha value is -3.06. The first kappa shape index (κ1) is 31.4. The Morgan fingerprint density at radius 2 is 1.65 bits per heavy atom. The van der Waals surface area contributed by atoms with Gasteiger partial charge in [-0.25, -0.2) is 0 Å². The summed E-state index contributed by atoms with van der Waals surface area (Å²) in [5.41, 5.74) is 11.4. The molecule has 1 fully saturated rings. The molecule has 0 radical (unpaired) electrons. The van der Waals surface area contributed by atoms with Gasteiger partial charge in [-0.2, -0.15) is 0 Å². The number of morpholine rings is 1. The molecule has 3 heterocycles. The fourth-order valence-corrected chi connectivity index (χ4v) is 6.94. The van der Waals surface area contributed by atoms with Crippen molar-refractivity contribution in [1.82, 2.24) is 20.1 Å². The minimum atomic E-state index is 0.0689. The second-order valence-corrected chi connectivity index (χ2v) is 12.6. The van der Waals surface area contributed by atoms with E-state index in [-0.39, 0.29) is 11.9 Å². The van der Waals surface area contributed by atoms with Crippen LogP contribution >= 0.6 is 0 Å². The van der Waals surface area contributed by atoms with Gasteiger partial charge in [0.2, 0.25) is 5.91 Å². The molecule has 0 bridgehead atoms. The molecule has 1 amide bonds. The second kappa shape index (κ2) is 14.6. The average molecular weight is 583 g/mol. The predicted molar refractivity (Wildman–Crippen MR) is 175 cm³/mol. The van der Waals surface area contributed by atoms with Gasteiger partial charge in [0.05, 0.1) is 25.5 Å². The van der Waals surface area contributed by atoms with Gasteiger partial charge < -0.3 is 10.1 Å². The van der Waals surface area contributed by atoms with Gasteiger partial charge in [0, 0.05) is 50.0 Å². The van der Waals surface area contributed by atoms with Gasteiger partial charge in [-0.15, -0.1) is 0 Å². The molecule has 0 spiro atoms. The van der Waals surface area contributed by atoms with Crippen molar-refractivity contribution in [2.24, 2.45) is 5.92 Å². The lowest BCUT2D eigenvalue weighted by molar-refractivity contribution is -0.123. The van der Waals surface area contributed by atoms with Crippen molar-refractivity contribution in [2.45, 2.75) is 79.4 Å². The smallest absolute Gasteiger partial charge is 0.234 e. The van der Waals surface area contributed by atoms with Crippen LogP contribution in [0.4, 0.5) is 0 Å². The Bertz CT molecular complexity index is 1370. The van der Waals surface area contributed by atoms with Crippen molar-refractivity contribution >= 4 is 5.91 Å². The molecule has 0 aliphatic carbocycles. The van der Waals surface area contributed by atoms with Crippen molar-refractivity contribution < 1.29 is 9.53 Å². The number of benzene rings is 2. The van der Waals surface area contributed by atoms with E-state index >= 15 is 0 Å². The zero-order valence-electron chi connectivity index (χ0n) is 26.9. The van der Waals surface area contributed by atoms with Gasteiger partial charge >= 0.3 is 0 Å². The van der Waals surface area contributed by atoms with Crippen LogP contribution in [0.3, 0.4) is 0 Å². The Morgan fingerprint density at radius 3 is 2.33 bits per heavy atom. The predicted octanol–water partition coefficient (Wildman–Crippen LogP) is 6.28. The molecule has 6 heteroatoms. The Labute approximate surface area is 258 Å². The van der Waals surface area contributed by atoms with E-state index in [0.717, 1.165) is 63.3 Å². The fourth-order valence-electron chi connectivity index (χ4n) is 6.94. The van der Waals surface area contributed by atoms with Gasteiger partial charge in [0.25, 0.3) is 0 Å². The molecule has 2 aliphatic heterocycles. The topological polar surface area (TPSA) is 57.7 Å². The number of nitrogens with one attached hydrogen (secondary N) is 1. The fraction of sp³-hybridized carbons (Fsp3) is 0.514. The monoisotopic (exact) mass is 582 g/mol. The van der Waals surface area contributed by atoms with E-state index in [1.807, 2.05) is 0 Å². The zero-order valence-corrected chi connectivity index (χ0v) is 26.9. The number of hydrogen-bond acceptors (Lipinski definition) is 5. The first-order valence-electron chi connectivity index (χ1n) is 16.4. The van der Waals surface area contributed by atoms with Crippen molar-refractivity contribution in [3.63, 3.8) is 0 Å². The van der Waals surface area contributed by atoms with Gasteiger partial charge in [-0.1, -0.05) is 70.2 Å². The van der Waals surface area contributed by atoms with E-state index in [2.05, 4.69) is 98.3 Å². The highest BCUT2D eigenvalue weighted by Crippen LogP contribution is 2.38. The summed E-state index contributed by atoms with van der Waals surface area (Å²) >= 11 is 0. The van der Waals surface area contributed by atoms with Gasteiger partial charge in [-0.3, -0.25) is 19.6 Å². The maximum absolute atomic E-state index is 13.2. The van der Waals surface area contributed by atoms with Crippen LogP contribution in [0.2, 0.25) is 0 Å². The molecule has 5 rings (SSSR count). The maximum atomic E-state index is 13.2.